The minimum atomic E-state index is -0.222. The highest BCUT2D eigenvalue weighted by molar-refractivity contribution is 6.05. The average Bonchev–Trinajstić information content (AvgIpc) is 2.95. The zero-order chi connectivity index (χ0) is 13.9. The molecule has 0 bridgehead atoms. The van der Waals surface area contributed by atoms with Crippen LogP contribution in [0.15, 0.2) is 47.1 Å². The number of ether oxygens (including phenoxy) is 1. The van der Waals surface area contributed by atoms with Crippen molar-refractivity contribution in [1.82, 2.24) is 10.3 Å². The fourth-order valence-electron chi connectivity index (χ4n) is 1.80. The van der Waals surface area contributed by atoms with Crippen molar-refractivity contribution in [3.8, 4) is 5.75 Å². The van der Waals surface area contributed by atoms with Gasteiger partial charge in [0, 0.05) is 11.3 Å². The van der Waals surface area contributed by atoms with E-state index in [1.54, 1.807) is 49.6 Å². The van der Waals surface area contributed by atoms with E-state index >= 15 is 0 Å². The Morgan fingerprint density at radius 2 is 1.85 bits per heavy atom. The maximum absolute atomic E-state index is 12.1. The van der Waals surface area contributed by atoms with Gasteiger partial charge >= 0.3 is 0 Å². The number of hydrogen-bond donors (Lipinski definition) is 1. The van der Waals surface area contributed by atoms with E-state index in [1.807, 2.05) is 0 Å². The van der Waals surface area contributed by atoms with Crippen LogP contribution in [0.1, 0.15) is 10.4 Å². The molecule has 0 radical (unpaired) electrons. The van der Waals surface area contributed by atoms with Crippen molar-refractivity contribution >= 4 is 22.6 Å². The van der Waals surface area contributed by atoms with E-state index in [9.17, 15) is 4.79 Å². The first-order valence-corrected chi connectivity index (χ1v) is 5.94. The van der Waals surface area contributed by atoms with Crippen molar-refractivity contribution in [3.63, 3.8) is 0 Å². The van der Waals surface area contributed by atoms with Crippen molar-refractivity contribution in [1.29, 1.82) is 0 Å². The third-order valence-corrected chi connectivity index (χ3v) is 2.86. The number of fused-ring (bicyclic) bond motifs is 1. The zero-order valence-corrected chi connectivity index (χ0v) is 10.7. The second-order valence-corrected chi connectivity index (χ2v) is 4.15. The van der Waals surface area contributed by atoms with E-state index in [2.05, 4.69) is 20.3 Å². The van der Waals surface area contributed by atoms with Gasteiger partial charge in [-0.05, 0) is 52.8 Å². The number of nitrogens with one attached hydrogen (secondary N) is 1. The van der Waals surface area contributed by atoms with Crippen LogP contribution in [0.4, 0.5) is 5.69 Å². The van der Waals surface area contributed by atoms with Crippen molar-refractivity contribution in [3.05, 3.63) is 48.0 Å². The number of nitrogens with zero attached hydrogens (tertiary/aromatic N) is 2. The Hall–Kier alpha value is -2.89. The lowest BCUT2D eigenvalue weighted by Crippen LogP contribution is -2.11. The molecule has 1 heterocycles. The minimum Gasteiger partial charge on any atom is -0.497 e. The molecule has 0 aliphatic heterocycles. The molecule has 0 unspecified atom stereocenters. The molecular formula is C14H11N3O3. The molecule has 0 aliphatic rings. The molecule has 0 spiro atoms. The van der Waals surface area contributed by atoms with Crippen molar-refractivity contribution < 1.29 is 14.2 Å². The van der Waals surface area contributed by atoms with Crippen LogP contribution < -0.4 is 10.1 Å². The van der Waals surface area contributed by atoms with Gasteiger partial charge in [0.05, 0.1) is 7.11 Å². The van der Waals surface area contributed by atoms with Crippen LogP contribution in [-0.4, -0.2) is 23.3 Å². The number of hydrogen-bond acceptors (Lipinski definition) is 5. The summed E-state index contributed by atoms with van der Waals surface area (Å²) < 4.78 is 9.66. The van der Waals surface area contributed by atoms with E-state index in [4.69, 9.17) is 4.74 Å². The summed E-state index contributed by atoms with van der Waals surface area (Å²) >= 11 is 0. The first-order chi connectivity index (χ1) is 9.76. The van der Waals surface area contributed by atoms with Gasteiger partial charge in [-0.3, -0.25) is 4.79 Å². The molecule has 100 valence electrons. The molecule has 1 N–H and O–H groups in total. The number of benzene rings is 2. The Morgan fingerprint density at radius 3 is 2.60 bits per heavy atom. The first-order valence-electron chi connectivity index (χ1n) is 5.94. The average molecular weight is 269 g/mol. The van der Waals surface area contributed by atoms with Gasteiger partial charge in [-0.15, -0.1) is 0 Å². The smallest absolute Gasteiger partial charge is 0.255 e. The largest absolute Gasteiger partial charge is 0.497 e. The summed E-state index contributed by atoms with van der Waals surface area (Å²) in [7, 11) is 1.59. The summed E-state index contributed by atoms with van der Waals surface area (Å²) in [6.45, 7) is 0. The van der Waals surface area contributed by atoms with Gasteiger partial charge in [-0.25, -0.2) is 4.63 Å². The van der Waals surface area contributed by atoms with Gasteiger partial charge in [-0.2, -0.15) is 0 Å². The number of aromatic nitrogens is 2. The lowest BCUT2D eigenvalue weighted by Gasteiger charge is -2.06. The Bertz CT molecular complexity index is 750. The molecule has 3 rings (SSSR count). The van der Waals surface area contributed by atoms with Crippen molar-refractivity contribution in [2.24, 2.45) is 0 Å². The predicted molar refractivity (Wildman–Crippen MR) is 72.8 cm³/mol. The summed E-state index contributed by atoms with van der Waals surface area (Å²) in [5.74, 6) is 0.512. The summed E-state index contributed by atoms with van der Waals surface area (Å²) in [5, 5.41) is 10.2. The molecule has 0 saturated carbocycles. The van der Waals surface area contributed by atoms with E-state index in [0.29, 0.717) is 22.3 Å². The number of anilines is 1. The van der Waals surface area contributed by atoms with E-state index < -0.39 is 0 Å². The molecule has 0 aliphatic carbocycles. The first kappa shape index (κ1) is 12.2. The van der Waals surface area contributed by atoms with Crippen LogP contribution in [-0.2, 0) is 0 Å². The molecule has 6 heteroatoms. The van der Waals surface area contributed by atoms with Gasteiger partial charge < -0.3 is 10.1 Å². The molecule has 3 aromatic rings. The van der Waals surface area contributed by atoms with E-state index in [1.165, 1.54) is 0 Å². The monoisotopic (exact) mass is 269 g/mol. The molecule has 0 saturated heterocycles. The van der Waals surface area contributed by atoms with E-state index in [-0.39, 0.29) is 5.91 Å². The second kappa shape index (κ2) is 5.00. The fourth-order valence-corrected chi connectivity index (χ4v) is 1.80. The number of amides is 1. The number of methoxy groups -OCH3 is 1. The molecule has 2 aromatic carbocycles. The maximum atomic E-state index is 12.1. The minimum absolute atomic E-state index is 0.222. The number of rotatable bonds is 3. The molecule has 0 atom stereocenters. The van der Waals surface area contributed by atoms with Crippen LogP contribution in [0, 0.1) is 0 Å². The molecule has 0 fully saturated rings. The van der Waals surface area contributed by atoms with Crippen molar-refractivity contribution in [2.45, 2.75) is 0 Å². The standard InChI is InChI=1S/C14H11N3O3/c1-19-11-5-3-10(4-6-11)15-14(18)9-2-7-12-13(8-9)17-20-16-12/h2-8H,1H3,(H,15,18). The molecule has 1 aromatic heterocycles. The van der Waals surface area contributed by atoms with Gasteiger partial charge in [0.1, 0.15) is 16.8 Å². The maximum Gasteiger partial charge on any atom is 0.255 e. The van der Waals surface area contributed by atoms with Crippen LogP contribution in [0.5, 0.6) is 5.75 Å². The van der Waals surface area contributed by atoms with Crippen LogP contribution >= 0.6 is 0 Å². The summed E-state index contributed by atoms with van der Waals surface area (Å²) in [6.07, 6.45) is 0. The van der Waals surface area contributed by atoms with E-state index in [0.717, 1.165) is 5.75 Å². The SMILES string of the molecule is COc1ccc(NC(=O)c2ccc3nonc3c2)cc1. The van der Waals surface area contributed by atoms with Crippen LogP contribution in [0.25, 0.3) is 11.0 Å². The highest BCUT2D eigenvalue weighted by Crippen LogP contribution is 2.17. The van der Waals surface area contributed by atoms with Gasteiger partial charge in [0.2, 0.25) is 0 Å². The van der Waals surface area contributed by atoms with Gasteiger partial charge in [0.15, 0.2) is 0 Å². The molecular weight excluding hydrogens is 258 g/mol. The lowest BCUT2D eigenvalue weighted by atomic mass is 10.2. The normalized spacial score (nSPS) is 10.4. The Kier molecular flexibility index (Phi) is 3.04. The third kappa shape index (κ3) is 2.31. The molecule has 20 heavy (non-hydrogen) atoms. The van der Waals surface area contributed by atoms with Crippen LogP contribution in [0.2, 0.25) is 0 Å². The Labute approximate surface area is 114 Å². The highest BCUT2D eigenvalue weighted by Gasteiger charge is 2.09. The molecule has 6 nitrogen and oxygen atoms in total. The lowest BCUT2D eigenvalue weighted by molar-refractivity contribution is 0.102. The van der Waals surface area contributed by atoms with Crippen molar-refractivity contribution in [2.75, 3.05) is 12.4 Å². The number of carbonyl (C=O) groups is 1. The summed E-state index contributed by atoms with van der Waals surface area (Å²) in [6, 6.07) is 12.1. The predicted octanol–water partition coefficient (Wildman–Crippen LogP) is 2.48. The summed E-state index contributed by atoms with van der Waals surface area (Å²) in [4.78, 5) is 12.1. The zero-order valence-electron chi connectivity index (χ0n) is 10.7. The third-order valence-electron chi connectivity index (χ3n) is 2.86. The quantitative estimate of drug-likeness (QED) is 0.790. The number of carbonyl (C=O) groups excluding carboxylic acids is 1. The van der Waals surface area contributed by atoms with Gasteiger partial charge in [0.25, 0.3) is 5.91 Å². The summed E-state index contributed by atoms with van der Waals surface area (Å²) in [5.41, 5.74) is 2.34. The van der Waals surface area contributed by atoms with Gasteiger partial charge in [-0.1, -0.05) is 0 Å². The Balaban J connectivity index is 1.80. The van der Waals surface area contributed by atoms with Crippen LogP contribution in [0.3, 0.4) is 0 Å². The molecule has 1 amide bonds. The Morgan fingerprint density at radius 1 is 1.10 bits per heavy atom. The highest BCUT2D eigenvalue weighted by atomic mass is 16.6. The fraction of sp³-hybridized carbons (Fsp3) is 0.0714. The topological polar surface area (TPSA) is 77.2 Å². The second-order valence-electron chi connectivity index (χ2n) is 4.15.